The minimum atomic E-state index is 0.136. The van der Waals surface area contributed by atoms with E-state index < -0.39 is 0 Å². The fourth-order valence-electron chi connectivity index (χ4n) is 1.59. The van der Waals surface area contributed by atoms with Gasteiger partial charge in [-0.05, 0) is 21.0 Å². The molecule has 0 radical (unpaired) electrons. The molecule has 2 atom stereocenters. The Morgan fingerprint density at radius 3 is 2.86 bits per heavy atom. The highest BCUT2D eigenvalue weighted by molar-refractivity contribution is 4.77. The van der Waals surface area contributed by atoms with Crippen LogP contribution in [0.2, 0.25) is 0 Å². The number of nitrogens with two attached hydrogens (primary N) is 1. The molecule has 1 saturated heterocycles. The van der Waals surface area contributed by atoms with E-state index in [0.717, 1.165) is 32.8 Å². The van der Waals surface area contributed by atoms with Gasteiger partial charge in [0.25, 0.3) is 0 Å². The van der Waals surface area contributed by atoms with E-state index in [2.05, 4.69) is 23.9 Å². The zero-order chi connectivity index (χ0) is 10.6. The Labute approximate surface area is 87.0 Å². The highest BCUT2D eigenvalue weighted by Gasteiger charge is 2.22. The van der Waals surface area contributed by atoms with Gasteiger partial charge in [-0.15, -0.1) is 0 Å². The van der Waals surface area contributed by atoms with E-state index in [9.17, 15) is 0 Å². The van der Waals surface area contributed by atoms with E-state index in [-0.39, 0.29) is 12.1 Å². The third-order valence-corrected chi connectivity index (χ3v) is 2.63. The summed E-state index contributed by atoms with van der Waals surface area (Å²) in [4.78, 5) is 4.63. The van der Waals surface area contributed by atoms with Crippen LogP contribution >= 0.6 is 0 Å². The lowest BCUT2D eigenvalue weighted by Gasteiger charge is -2.35. The molecule has 1 aliphatic rings. The molecule has 84 valence electrons. The molecular formula is C10H23N3O. The Hall–Kier alpha value is -0.160. The summed E-state index contributed by atoms with van der Waals surface area (Å²) in [5.41, 5.74) is 5.82. The molecule has 0 spiro atoms. The van der Waals surface area contributed by atoms with Gasteiger partial charge in [0.2, 0.25) is 0 Å². The number of hydrogen-bond acceptors (Lipinski definition) is 4. The smallest absolute Gasteiger partial charge is 0.0850 e. The van der Waals surface area contributed by atoms with Crippen molar-refractivity contribution in [2.24, 2.45) is 5.73 Å². The molecule has 0 bridgehead atoms. The summed E-state index contributed by atoms with van der Waals surface area (Å²) in [5, 5.41) is 0. The van der Waals surface area contributed by atoms with Gasteiger partial charge in [0.1, 0.15) is 0 Å². The van der Waals surface area contributed by atoms with E-state index in [1.54, 1.807) is 0 Å². The molecular weight excluding hydrogens is 178 g/mol. The molecule has 1 heterocycles. The largest absolute Gasteiger partial charge is 0.374 e. The second kappa shape index (κ2) is 5.66. The Morgan fingerprint density at radius 2 is 2.29 bits per heavy atom. The van der Waals surface area contributed by atoms with Crippen LogP contribution in [0.1, 0.15) is 6.92 Å². The predicted molar refractivity (Wildman–Crippen MR) is 58.4 cm³/mol. The zero-order valence-corrected chi connectivity index (χ0v) is 9.57. The van der Waals surface area contributed by atoms with Gasteiger partial charge in [0.05, 0.1) is 12.7 Å². The molecule has 0 saturated carbocycles. The quantitative estimate of drug-likeness (QED) is 0.672. The van der Waals surface area contributed by atoms with Crippen LogP contribution in [-0.2, 0) is 4.74 Å². The van der Waals surface area contributed by atoms with Crippen molar-refractivity contribution in [3.05, 3.63) is 0 Å². The highest BCUT2D eigenvalue weighted by Crippen LogP contribution is 2.07. The Kier molecular flexibility index (Phi) is 4.81. The van der Waals surface area contributed by atoms with Crippen LogP contribution in [-0.4, -0.2) is 68.8 Å². The molecule has 0 aromatic heterocycles. The van der Waals surface area contributed by atoms with Crippen LogP contribution < -0.4 is 5.73 Å². The average Bonchev–Trinajstić information content (AvgIpc) is 2.15. The van der Waals surface area contributed by atoms with Gasteiger partial charge in [-0.2, -0.15) is 0 Å². The lowest BCUT2D eigenvalue weighted by Crippen LogP contribution is -2.50. The molecule has 4 heteroatoms. The summed E-state index contributed by atoms with van der Waals surface area (Å²) in [6.45, 7) is 7.06. The molecule has 0 aromatic carbocycles. The van der Waals surface area contributed by atoms with Gasteiger partial charge in [-0.1, -0.05) is 0 Å². The molecule has 4 nitrogen and oxygen atoms in total. The Bertz CT molecular complexity index is 161. The zero-order valence-electron chi connectivity index (χ0n) is 9.57. The van der Waals surface area contributed by atoms with Crippen LogP contribution in [0, 0.1) is 0 Å². The molecule has 0 aliphatic carbocycles. The molecule has 2 unspecified atom stereocenters. The van der Waals surface area contributed by atoms with Gasteiger partial charge < -0.3 is 15.4 Å². The molecule has 2 N–H and O–H groups in total. The minimum Gasteiger partial charge on any atom is -0.374 e. The van der Waals surface area contributed by atoms with Crippen molar-refractivity contribution in [3.63, 3.8) is 0 Å². The number of likely N-dealkylation sites (N-methyl/N-ethyl adjacent to an activating group) is 1. The summed E-state index contributed by atoms with van der Waals surface area (Å²) in [7, 11) is 4.20. The molecule has 1 aliphatic heterocycles. The number of rotatable bonds is 4. The fourth-order valence-corrected chi connectivity index (χ4v) is 1.59. The van der Waals surface area contributed by atoms with E-state index in [1.165, 1.54) is 0 Å². The first-order chi connectivity index (χ1) is 6.59. The number of ether oxygens (including phenoxy) is 1. The third-order valence-electron chi connectivity index (χ3n) is 2.63. The minimum absolute atomic E-state index is 0.136. The Balaban J connectivity index is 2.25. The average molecular weight is 201 g/mol. The van der Waals surface area contributed by atoms with Crippen LogP contribution in [0.4, 0.5) is 0 Å². The van der Waals surface area contributed by atoms with Crippen molar-refractivity contribution in [2.75, 3.05) is 46.9 Å². The maximum Gasteiger partial charge on any atom is 0.0850 e. The van der Waals surface area contributed by atoms with Crippen LogP contribution in [0.15, 0.2) is 0 Å². The van der Waals surface area contributed by atoms with Crippen molar-refractivity contribution in [1.82, 2.24) is 9.80 Å². The van der Waals surface area contributed by atoms with Crippen molar-refractivity contribution < 1.29 is 4.74 Å². The van der Waals surface area contributed by atoms with Gasteiger partial charge >= 0.3 is 0 Å². The van der Waals surface area contributed by atoms with Gasteiger partial charge in [-0.3, -0.25) is 4.90 Å². The number of nitrogens with zero attached hydrogens (tertiary/aromatic N) is 2. The first kappa shape index (κ1) is 11.9. The molecule has 0 aromatic rings. The van der Waals surface area contributed by atoms with Crippen molar-refractivity contribution in [2.45, 2.75) is 19.1 Å². The monoisotopic (exact) mass is 201 g/mol. The van der Waals surface area contributed by atoms with Crippen LogP contribution in [0.3, 0.4) is 0 Å². The summed E-state index contributed by atoms with van der Waals surface area (Å²) in [5.74, 6) is 0. The topological polar surface area (TPSA) is 41.7 Å². The molecule has 14 heavy (non-hydrogen) atoms. The first-order valence-corrected chi connectivity index (χ1v) is 5.34. The molecule has 1 fully saturated rings. The second-order valence-corrected chi connectivity index (χ2v) is 4.37. The predicted octanol–water partition coefficient (Wildman–Crippen LogP) is -0.404. The molecule has 1 rings (SSSR count). The van der Waals surface area contributed by atoms with Crippen LogP contribution in [0.25, 0.3) is 0 Å². The van der Waals surface area contributed by atoms with E-state index in [4.69, 9.17) is 10.5 Å². The summed E-state index contributed by atoms with van der Waals surface area (Å²) in [6.07, 6.45) is 0.214. The summed E-state index contributed by atoms with van der Waals surface area (Å²) >= 11 is 0. The molecule has 0 amide bonds. The second-order valence-electron chi connectivity index (χ2n) is 4.37. The van der Waals surface area contributed by atoms with Crippen LogP contribution in [0.5, 0.6) is 0 Å². The summed E-state index contributed by atoms with van der Waals surface area (Å²) in [6, 6.07) is 0.136. The van der Waals surface area contributed by atoms with Gasteiger partial charge in [0.15, 0.2) is 0 Å². The van der Waals surface area contributed by atoms with Crippen molar-refractivity contribution in [1.29, 1.82) is 0 Å². The Morgan fingerprint density at radius 1 is 1.57 bits per heavy atom. The first-order valence-electron chi connectivity index (χ1n) is 5.34. The van der Waals surface area contributed by atoms with Crippen molar-refractivity contribution in [3.8, 4) is 0 Å². The lowest BCUT2D eigenvalue weighted by atomic mass is 10.1. The van der Waals surface area contributed by atoms with E-state index in [1.807, 2.05) is 6.92 Å². The van der Waals surface area contributed by atoms with E-state index >= 15 is 0 Å². The summed E-state index contributed by atoms with van der Waals surface area (Å²) < 4.78 is 5.60. The number of hydrogen-bond donors (Lipinski definition) is 1. The highest BCUT2D eigenvalue weighted by atomic mass is 16.5. The van der Waals surface area contributed by atoms with Gasteiger partial charge in [-0.25, -0.2) is 0 Å². The normalized spacial score (nSPS) is 26.8. The standard InChI is InChI=1S/C10H23N3O/c1-9(11)10-8-13(6-7-14-10)5-4-12(2)3/h9-10H,4-8,11H2,1-3H3. The third kappa shape index (κ3) is 3.92. The lowest BCUT2D eigenvalue weighted by molar-refractivity contribution is -0.0386. The maximum absolute atomic E-state index is 5.82. The maximum atomic E-state index is 5.82. The van der Waals surface area contributed by atoms with Gasteiger partial charge in [0, 0.05) is 32.2 Å². The van der Waals surface area contributed by atoms with E-state index in [0.29, 0.717) is 0 Å². The SMILES string of the molecule is CC(N)C1CN(CCN(C)C)CCO1. The fraction of sp³-hybridized carbons (Fsp3) is 1.00. The van der Waals surface area contributed by atoms with Crippen molar-refractivity contribution >= 4 is 0 Å². The number of morpholine rings is 1.